The fraction of sp³-hybridized carbons (Fsp3) is 0.250. The molecule has 0 saturated carbocycles. The number of morpholine rings is 1. The second-order valence-electron chi connectivity index (χ2n) is 8.43. The minimum Gasteiger partial charge on any atom is -0.366 e. The average molecular weight is 526 g/mol. The Balaban J connectivity index is 1.44. The van der Waals surface area contributed by atoms with E-state index in [1.165, 1.54) is 35.4 Å². The van der Waals surface area contributed by atoms with Crippen molar-refractivity contribution < 1.29 is 40.3 Å². The Morgan fingerprint density at radius 2 is 1.84 bits per heavy atom. The molecule has 0 unspecified atom stereocenters. The average Bonchev–Trinajstić information content (AvgIpc) is 3.50. The highest BCUT2D eigenvalue weighted by molar-refractivity contribution is 6.10. The van der Waals surface area contributed by atoms with Crippen LogP contribution in [0.3, 0.4) is 0 Å². The molecule has 194 valence electrons. The molecule has 0 spiro atoms. The standard InChI is InChI=1S/C24H17F7N4O2/c25-16-8-13(35-5-6-37-19(11-35)24(29,30)31)9-17-20(16)34-22(33-17)18-7-12(10-32-18)21(36)14-3-1-2-4-15(14)23(26,27)28/h1-4,7-10,19,32H,5-6,11H2,(H,33,34)/t19-/m0/s1. The van der Waals surface area contributed by atoms with Gasteiger partial charge in [-0.15, -0.1) is 0 Å². The van der Waals surface area contributed by atoms with Gasteiger partial charge in [0.1, 0.15) is 5.52 Å². The molecular formula is C24H17F7N4O2. The highest BCUT2D eigenvalue weighted by Crippen LogP contribution is 2.34. The van der Waals surface area contributed by atoms with Crippen LogP contribution in [-0.2, 0) is 10.9 Å². The second-order valence-corrected chi connectivity index (χ2v) is 8.43. The predicted octanol–water partition coefficient (Wildman–Crippen LogP) is 5.71. The molecule has 4 aromatic rings. The molecule has 1 atom stereocenters. The molecule has 1 saturated heterocycles. The number of anilines is 1. The largest absolute Gasteiger partial charge is 0.417 e. The van der Waals surface area contributed by atoms with Crippen LogP contribution in [0.1, 0.15) is 21.5 Å². The number of rotatable bonds is 4. The monoisotopic (exact) mass is 526 g/mol. The van der Waals surface area contributed by atoms with Crippen LogP contribution in [0, 0.1) is 5.82 Å². The number of nitrogens with zero attached hydrogens (tertiary/aromatic N) is 2. The highest BCUT2D eigenvalue weighted by Gasteiger charge is 2.43. The number of aromatic amines is 2. The molecule has 37 heavy (non-hydrogen) atoms. The lowest BCUT2D eigenvalue weighted by molar-refractivity contribution is -0.221. The van der Waals surface area contributed by atoms with Crippen molar-refractivity contribution in [3.8, 4) is 11.5 Å². The van der Waals surface area contributed by atoms with Gasteiger partial charge >= 0.3 is 12.4 Å². The fourth-order valence-electron chi connectivity index (χ4n) is 4.20. The summed E-state index contributed by atoms with van der Waals surface area (Å²) in [4.78, 5) is 23.9. The highest BCUT2D eigenvalue weighted by atomic mass is 19.4. The summed E-state index contributed by atoms with van der Waals surface area (Å²) in [6, 6.07) is 8.19. The molecule has 1 aliphatic heterocycles. The third kappa shape index (κ3) is 4.78. The zero-order valence-electron chi connectivity index (χ0n) is 18.7. The molecule has 1 fully saturated rings. The molecule has 0 radical (unpaired) electrons. The summed E-state index contributed by atoms with van der Waals surface area (Å²) >= 11 is 0. The van der Waals surface area contributed by atoms with Gasteiger partial charge in [0.2, 0.25) is 0 Å². The Morgan fingerprint density at radius 3 is 2.57 bits per heavy atom. The van der Waals surface area contributed by atoms with E-state index in [0.717, 1.165) is 18.2 Å². The molecule has 6 nitrogen and oxygen atoms in total. The maximum Gasteiger partial charge on any atom is 0.417 e. The van der Waals surface area contributed by atoms with Crippen molar-refractivity contribution in [2.24, 2.45) is 0 Å². The molecular weight excluding hydrogens is 509 g/mol. The smallest absolute Gasteiger partial charge is 0.366 e. The Morgan fingerprint density at radius 1 is 1.08 bits per heavy atom. The van der Waals surface area contributed by atoms with Gasteiger partial charge < -0.3 is 19.6 Å². The first-order chi connectivity index (χ1) is 17.4. The summed E-state index contributed by atoms with van der Waals surface area (Å²) in [6.07, 6.45) is -10.1. The maximum atomic E-state index is 14.8. The van der Waals surface area contributed by atoms with Gasteiger partial charge in [0.15, 0.2) is 23.5 Å². The summed E-state index contributed by atoms with van der Waals surface area (Å²) in [5, 5.41) is 0. The number of alkyl halides is 6. The normalized spacial score (nSPS) is 16.9. The predicted molar refractivity (Wildman–Crippen MR) is 119 cm³/mol. The lowest BCUT2D eigenvalue weighted by Gasteiger charge is -2.35. The Bertz CT molecular complexity index is 1470. The van der Waals surface area contributed by atoms with E-state index in [4.69, 9.17) is 4.74 Å². The molecule has 2 N–H and O–H groups in total. The minimum atomic E-state index is -4.72. The number of hydrogen-bond acceptors (Lipinski definition) is 4. The van der Waals surface area contributed by atoms with Gasteiger partial charge in [0.25, 0.3) is 0 Å². The summed E-state index contributed by atoms with van der Waals surface area (Å²) in [7, 11) is 0. The zero-order chi connectivity index (χ0) is 26.5. The van der Waals surface area contributed by atoms with Gasteiger partial charge in [-0.3, -0.25) is 4.79 Å². The van der Waals surface area contributed by atoms with E-state index in [-0.39, 0.29) is 47.0 Å². The summed E-state index contributed by atoms with van der Waals surface area (Å²) in [6.45, 7) is -0.564. The molecule has 2 aromatic carbocycles. The first-order valence-electron chi connectivity index (χ1n) is 10.9. The molecule has 0 bridgehead atoms. The second kappa shape index (κ2) is 8.91. The molecule has 1 aliphatic rings. The van der Waals surface area contributed by atoms with E-state index in [0.29, 0.717) is 0 Å². The molecule has 5 rings (SSSR count). The van der Waals surface area contributed by atoms with Gasteiger partial charge in [0.05, 0.1) is 29.9 Å². The van der Waals surface area contributed by atoms with Crippen LogP contribution >= 0.6 is 0 Å². The van der Waals surface area contributed by atoms with E-state index in [9.17, 15) is 35.5 Å². The minimum absolute atomic E-state index is 0.0696. The fourth-order valence-corrected chi connectivity index (χ4v) is 4.20. The van der Waals surface area contributed by atoms with Crippen molar-refractivity contribution in [3.05, 3.63) is 71.2 Å². The van der Waals surface area contributed by atoms with Crippen molar-refractivity contribution in [2.75, 3.05) is 24.6 Å². The summed E-state index contributed by atoms with van der Waals surface area (Å²) in [5.74, 6) is -1.57. The van der Waals surface area contributed by atoms with Crippen molar-refractivity contribution in [3.63, 3.8) is 0 Å². The van der Waals surface area contributed by atoms with Crippen LogP contribution in [0.25, 0.3) is 22.6 Å². The van der Waals surface area contributed by atoms with E-state index >= 15 is 0 Å². The van der Waals surface area contributed by atoms with Crippen LogP contribution < -0.4 is 4.90 Å². The van der Waals surface area contributed by atoms with Gasteiger partial charge in [-0.2, -0.15) is 26.3 Å². The number of ketones is 1. The molecule has 0 aliphatic carbocycles. The van der Waals surface area contributed by atoms with E-state index in [1.807, 2.05) is 0 Å². The number of hydrogen-bond donors (Lipinski definition) is 2. The molecule has 2 aromatic heterocycles. The van der Waals surface area contributed by atoms with Gasteiger partial charge in [-0.25, -0.2) is 9.37 Å². The Kier molecular flexibility index (Phi) is 5.97. The Labute approximate surface area is 204 Å². The van der Waals surface area contributed by atoms with Crippen LogP contribution in [-0.4, -0.2) is 52.7 Å². The third-order valence-corrected chi connectivity index (χ3v) is 6.00. The summed E-state index contributed by atoms with van der Waals surface area (Å²) in [5.41, 5.74) is -1.17. The van der Waals surface area contributed by atoms with E-state index in [2.05, 4.69) is 15.0 Å². The Hall–Kier alpha value is -3.87. The van der Waals surface area contributed by atoms with Crippen molar-refractivity contribution >= 4 is 22.5 Å². The third-order valence-electron chi connectivity index (χ3n) is 6.00. The number of carbonyl (C=O) groups excluding carboxylic acids is 1. The lowest BCUT2D eigenvalue weighted by Crippen LogP contribution is -2.49. The van der Waals surface area contributed by atoms with Crippen LogP contribution in [0.15, 0.2) is 48.7 Å². The van der Waals surface area contributed by atoms with Crippen molar-refractivity contribution in [1.82, 2.24) is 15.0 Å². The van der Waals surface area contributed by atoms with Crippen molar-refractivity contribution in [2.45, 2.75) is 18.5 Å². The molecule has 0 amide bonds. The number of carbonyl (C=O) groups is 1. The first-order valence-corrected chi connectivity index (χ1v) is 10.9. The number of H-pyrrole nitrogens is 2. The van der Waals surface area contributed by atoms with Crippen LogP contribution in [0.5, 0.6) is 0 Å². The molecule has 13 heteroatoms. The van der Waals surface area contributed by atoms with Crippen LogP contribution in [0.2, 0.25) is 0 Å². The van der Waals surface area contributed by atoms with Gasteiger partial charge in [-0.05, 0) is 24.3 Å². The lowest BCUT2D eigenvalue weighted by atomic mass is 9.99. The topological polar surface area (TPSA) is 74.0 Å². The quantitative estimate of drug-likeness (QED) is 0.264. The number of aromatic nitrogens is 3. The number of halogens is 7. The molecule has 3 heterocycles. The SMILES string of the molecule is O=C(c1c[nH]c(-c2nc3c(F)cc(N4CCO[C@H](C(F)(F)F)C4)cc3[nH]2)c1)c1ccccc1C(F)(F)F. The van der Waals surface area contributed by atoms with Crippen molar-refractivity contribution in [1.29, 1.82) is 0 Å². The van der Waals surface area contributed by atoms with E-state index < -0.39 is 47.7 Å². The maximum absolute atomic E-state index is 14.8. The first kappa shape index (κ1) is 24.8. The van der Waals surface area contributed by atoms with Crippen LogP contribution in [0.4, 0.5) is 36.4 Å². The van der Waals surface area contributed by atoms with Gasteiger partial charge in [0, 0.05) is 29.6 Å². The number of benzene rings is 2. The number of imidazole rings is 1. The number of fused-ring (bicyclic) bond motifs is 1. The number of ether oxygens (including phenoxy) is 1. The summed E-state index contributed by atoms with van der Waals surface area (Å²) < 4.78 is 98.8. The van der Waals surface area contributed by atoms with E-state index in [1.54, 1.807) is 0 Å². The zero-order valence-corrected chi connectivity index (χ0v) is 18.7. The number of nitrogens with one attached hydrogen (secondary N) is 2. The van der Waals surface area contributed by atoms with Gasteiger partial charge in [-0.1, -0.05) is 18.2 Å².